The highest BCUT2D eigenvalue weighted by molar-refractivity contribution is 7.86. The molecule has 0 aliphatic heterocycles. The van der Waals surface area contributed by atoms with Gasteiger partial charge >= 0.3 is 10.1 Å². The second kappa shape index (κ2) is 4.93. The van der Waals surface area contributed by atoms with Gasteiger partial charge < -0.3 is 9.17 Å². The number of benzene rings is 2. The van der Waals surface area contributed by atoms with E-state index >= 15 is 0 Å². The molecule has 0 saturated carbocycles. The van der Waals surface area contributed by atoms with Gasteiger partial charge in [0.2, 0.25) is 0 Å². The van der Waals surface area contributed by atoms with Crippen LogP contribution in [0.5, 0.6) is 5.75 Å². The summed E-state index contributed by atoms with van der Waals surface area (Å²) in [6.07, 6.45) is 1.05. The van der Waals surface area contributed by atoms with Crippen molar-refractivity contribution in [2.45, 2.75) is 6.92 Å². The third kappa shape index (κ3) is 2.78. The van der Waals surface area contributed by atoms with E-state index in [1.54, 1.807) is 0 Å². The fraction of sp³-hybridized carbons (Fsp3) is 0.125. The fourth-order valence-corrected chi connectivity index (χ4v) is 2.75. The standard InChI is InChI=1S/C16H15NO3S/c1-11-7-9-12(10-8-11)15-16(20-21(2,18)19)13-5-3-4-6-14(13)17-15/h3-10,17H,1-2H3. The van der Waals surface area contributed by atoms with E-state index < -0.39 is 10.1 Å². The second-order valence-corrected chi connectivity index (χ2v) is 6.60. The van der Waals surface area contributed by atoms with Gasteiger partial charge in [0.05, 0.1) is 11.9 Å². The summed E-state index contributed by atoms with van der Waals surface area (Å²) in [5, 5.41) is 0.749. The molecule has 1 heterocycles. The minimum atomic E-state index is -3.60. The highest BCUT2D eigenvalue weighted by Crippen LogP contribution is 2.37. The van der Waals surface area contributed by atoms with E-state index in [4.69, 9.17) is 4.18 Å². The Morgan fingerprint density at radius 2 is 1.67 bits per heavy atom. The largest absolute Gasteiger partial charge is 0.380 e. The molecule has 21 heavy (non-hydrogen) atoms. The summed E-state index contributed by atoms with van der Waals surface area (Å²) >= 11 is 0. The molecule has 0 aliphatic carbocycles. The molecule has 4 nitrogen and oxygen atoms in total. The molecule has 5 heteroatoms. The van der Waals surface area contributed by atoms with Crippen LogP contribution in [0.1, 0.15) is 5.56 Å². The van der Waals surface area contributed by atoms with E-state index in [9.17, 15) is 8.42 Å². The van der Waals surface area contributed by atoms with E-state index in [2.05, 4.69) is 4.98 Å². The molecule has 0 unspecified atom stereocenters. The van der Waals surface area contributed by atoms with Gasteiger partial charge in [-0.25, -0.2) is 0 Å². The molecule has 1 N–H and O–H groups in total. The van der Waals surface area contributed by atoms with Crippen LogP contribution in [0.15, 0.2) is 48.5 Å². The third-order valence-corrected chi connectivity index (χ3v) is 3.70. The molecule has 0 aliphatic rings. The first kappa shape index (κ1) is 13.7. The molecule has 108 valence electrons. The van der Waals surface area contributed by atoms with Crippen LogP contribution in [0.25, 0.3) is 22.2 Å². The lowest BCUT2D eigenvalue weighted by Crippen LogP contribution is -2.06. The fourth-order valence-electron chi connectivity index (χ4n) is 2.28. The number of aromatic amines is 1. The van der Waals surface area contributed by atoms with Crippen molar-refractivity contribution in [1.82, 2.24) is 4.98 Å². The first-order chi connectivity index (χ1) is 9.94. The van der Waals surface area contributed by atoms with Crippen molar-refractivity contribution in [1.29, 1.82) is 0 Å². The van der Waals surface area contributed by atoms with Gasteiger partial charge in [-0.2, -0.15) is 8.42 Å². The van der Waals surface area contributed by atoms with Crippen molar-refractivity contribution in [3.05, 3.63) is 54.1 Å². The van der Waals surface area contributed by atoms with Gasteiger partial charge in [-0.1, -0.05) is 42.0 Å². The highest BCUT2D eigenvalue weighted by Gasteiger charge is 2.18. The van der Waals surface area contributed by atoms with Crippen LogP contribution in [-0.4, -0.2) is 19.7 Å². The van der Waals surface area contributed by atoms with E-state index in [1.165, 1.54) is 0 Å². The van der Waals surface area contributed by atoms with Crippen molar-refractivity contribution < 1.29 is 12.6 Å². The lowest BCUT2D eigenvalue weighted by Gasteiger charge is -2.06. The zero-order valence-electron chi connectivity index (χ0n) is 11.8. The van der Waals surface area contributed by atoms with Crippen molar-refractivity contribution >= 4 is 21.0 Å². The number of rotatable bonds is 3. The van der Waals surface area contributed by atoms with Crippen LogP contribution < -0.4 is 4.18 Å². The number of para-hydroxylation sites is 1. The average Bonchev–Trinajstić information content (AvgIpc) is 2.77. The summed E-state index contributed by atoms with van der Waals surface area (Å²) < 4.78 is 28.3. The summed E-state index contributed by atoms with van der Waals surface area (Å²) in [5.74, 6) is 0.344. The summed E-state index contributed by atoms with van der Waals surface area (Å²) in [6.45, 7) is 2.00. The van der Waals surface area contributed by atoms with Crippen molar-refractivity contribution in [3.8, 4) is 17.0 Å². The summed E-state index contributed by atoms with van der Waals surface area (Å²) in [7, 11) is -3.60. The van der Waals surface area contributed by atoms with Gasteiger partial charge in [-0.05, 0) is 19.1 Å². The lowest BCUT2D eigenvalue weighted by molar-refractivity contribution is 0.496. The number of aryl methyl sites for hydroxylation is 1. The number of nitrogens with one attached hydrogen (secondary N) is 1. The lowest BCUT2D eigenvalue weighted by atomic mass is 10.1. The first-order valence-corrected chi connectivity index (χ1v) is 8.33. The van der Waals surface area contributed by atoms with Gasteiger partial charge in [-0.3, -0.25) is 0 Å². The minimum absolute atomic E-state index is 0.344. The Labute approximate surface area is 123 Å². The molecule has 3 aromatic rings. The predicted molar refractivity (Wildman–Crippen MR) is 83.9 cm³/mol. The van der Waals surface area contributed by atoms with E-state index in [0.717, 1.165) is 28.3 Å². The Hall–Kier alpha value is -2.27. The van der Waals surface area contributed by atoms with Crippen LogP contribution in [0.2, 0.25) is 0 Å². The van der Waals surface area contributed by atoms with Crippen LogP contribution in [0, 0.1) is 6.92 Å². The second-order valence-electron chi connectivity index (χ2n) is 5.03. The van der Waals surface area contributed by atoms with Crippen molar-refractivity contribution in [2.24, 2.45) is 0 Å². The Balaban J connectivity index is 2.25. The van der Waals surface area contributed by atoms with Gasteiger partial charge in [0.15, 0.2) is 5.75 Å². The minimum Gasteiger partial charge on any atom is -0.380 e. The van der Waals surface area contributed by atoms with Crippen LogP contribution >= 0.6 is 0 Å². The Bertz CT molecular complexity index is 893. The maximum Gasteiger partial charge on any atom is 0.306 e. The number of fused-ring (bicyclic) bond motifs is 1. The average molecular weight is 301 g/mol. The monoisotopic (exact) mass is 301 g/mol. The van der Waals surface area contributed by atoms with Crippen LogP contribution in [-0.2, 0) is 10.1 Å². The Kier molecular flexibility index (Phi) is 3.22. The smallest absolute Gasteiger partial charge is 0.306 e. The molecule has 0 saturated heterocycles. The molecule has 0 radical (unpaired) electrons. The molecule has 0 bridgehead atoms. The summed E-state index contributed by atoms with van der Waals surface area (Å²) in [4.78, 5) is 3.23. The Morgan fingerprint density at radius 3 is 2.33 bits per heavy atom. The zero-order chi connectivity index (χ0) is 15.0. The molecule has 2 aromatic carbocycles. The number of aromatic nitrogens is 1. The number of hydrogen-bond donors (Lipinski definition) is 1. The van der Waals surface area contributed by atoms with Gasteiger partial charge in [0.25, 0.3) is 0 Å². The topological polar surface area (TPSA) is 59.2 Å². The molecule has 1 aromatic heterocycles. The van der Waals surface area contributed by atoms with E-state index in [0.29, 0.717) is 11.4 Å². The summed E-state index contributed by atoms with van der Waals surface area (Å²) in [5.41, 5.74) is 3.53. The zero-order valence-corrected chi connectivity index (χ0v) is 12.6. The predicted octanol–water partition coefficient (Wildman–Crippen LogP) is 3.48. The third-order valence-electron chi connectivity index (χ3n) is 3.23. The van der Waals surface area contributed by atoms with Gasteiger partial charge in [0, 0.05) is 16.5 Å². The highest BCUT2D eigenvalue weighted by atomic mass is 32.2. The molecular weight excluding hydrogens is 286 g/mol. The molecule has 3 rings (SSSR count). The maximum absolute atomic E-state index is 11.5. The van der Waals surface area contributed by atoms with Crippen LogP contribution in [0.4, 0.5) is 0 Å². The molecule has 0 spiro atoms. The van der Waals surface area contributed by atoms with Crippen molar-refractivity contribution in [3.63, 3.8) is 0 Å². The van der Waals surface area contributed by atoms with Crippen molar-refractivity contribution in [2.75, 3.05) is 6.26 Å². The first-order valence-electron chi connectivity index (χ1n) is 6.51. The molecule has 0 amide bonds. The van der Waals surface area contributed by atoms with Crippen LogP contribution in [0.3, 0.4) is 0 Å². The normalized spacial score (nSPS) is 11.7. The molecular formula is C16H15NO3S. The number of hydrogen-bond acceptors (Lipinski definition) is 3. The molecule has 0 fully saturated rings. The Morgan fingerprint density at radius 1 is 1.00 bits per heavy atom. The van der Waals surface area contributed by atoms with E-state index in [-0.39, 0.29) is 0 Å². The van der Waals surface area contributed by atoms with Gasteiger partial charge in [-0.15, -0.1) is 0 Å². The molecule has 0 atom stereocenters. The van der Waals surface area contributed by atoms with E-state index in [1.807, 2.05) is 55.5 Å². The SMILES string of the molecule is Cc1ccc(-c2[nH]c3ccccc3c2OS(C)(=O)=O)cc1. The number of H-pyrrole nitrogens is 1. The summed E-state index contributed by atoms with van der Waals surface area (Å²) in [6, 6.07) is 15.3. The van der Waals surface area contributed by atoms with Gasteiger partial charge in [0.1, 0.15) is 0 Å². The maximum atomic E-state index is 11.5. The quantitative estimate of drug-likeness (QED) is 0.753.